The van der Waals surface area contributed by atoms with Gasteiger partial charge < -0.3 is 11.1 Å². The number of nitrogens with one attached hydrogen (secondary N) is 1. The van der Waals surface area contributed by atoms with Crippen LogP contribution in [-0.4, -0.2) is 22.9 Å². The van der Waals surface area contributed by atoms with E-state index >= 15 is 0 Å². The first kappa shape index (κ1) is 18.7. The first-order chi connectivity index (χ1) is 9.96. The largest absolute Gasteiger partial charge is 0.349 e. The zero-order chi connectivity index (χ0) is 15.5. The van der Waals surface area contributed by atoms with Gasteiger partial charge in [0.25, 0.3) is 5.69 Å². The lowest BCUT2D eigenvalue weighted by Crippen LogP contribution is -2.52. The van der Waals surface area contributed by atoms with Crippen LogP contribution >= 0.6 is 24.0 Å². The Balaban J connectivity index is 0.00000242. The van der Waals surface area contributed by atoms with Crippen LogP contribution in [0, 0.1) is 10.1 Å². The minimum absolute atomic E-state index is 0. The van der Waals surface area contributed by atoms with E-state index in [0.29, 0.717) is 12.1 Å². The predicted molar refractivity (Wildman–Crippen MR) is 87.5 cm³/mol. The molecule has 0 unspecified atom stereocenters. The van der Waals surface area contributed by atoms with E-state index in [9.17, 15) is 14.9 Å². The van der Waals surface area contributed by atoms with Crippen molar-refractivity contribution in [2.24, 2.45) is 5.73 Å². The summed E-state index contributed by atoms with van der Waals surface area (Å²) in [6.45, 7) is 0.423. The minimum atomic E-state index is -0.516. The number of rotatable bonds is 5. The summed E-state index contributed by atoms with van der Waals surface area (Å²) < 4.78 is 0. The van der Waals surface area contributed by atoms with Gasteiger partial charge in [-0.05, 0) is 18.4 Å². The number of halogens is 2. The number of nitro benzene ring substituents is 1. The zero-order valence-electron chi connectivity index (χ0n) is 12.0. The molecule has 1 fully saturated rings. The lowest BCUT2D eigenvalue weighted by atomic mass is 9.97. The molecular weight excluding hydrogens is 329 g/mol. The first-order valence-corrected chi connectivity index (χ1v) is 7.27. The van der Waals surface area contributed by atoms with Crippen molar-refractivity contribution in [2.75, 3.05) is 6.54 Å². The zero-order valence-corrected chi connectivity index (χ0v) is 13.6. The predicted octanol–water partition coefficient (Wildman–Crippen LogP) is 2.60. The van der Waals surface area contributed by atoms with Gasteiger partial charge in [0.1, 0.15) is 0 Å². The van der Waals surface area contributed by atoms with Gasteiger partial charge in [0.2, 0.25) is 5.91 Å². The van der Waals surface area contributed by atoms with E-state index in [4.69, 9.17) is 17.3 Å². The van der Waals surface area contributed by atoms with E-state index in [2.05, 4.69) is 5.32 Å². The summed E-state index contributed by atoms with van der Waals surface area (Å²) in [5, 5.41) is 13.9. The third-order valence-corrected chi connectivity index (χ3v) is 4.31. The molecule has 1 aromatic rings. The number of carbonyl (C=O) groups is 1. The highest BCUT2D eigenvalue weighted by Crippen LogP contribution is 2.29. The molecule has 1 saturated carbocycles. The number of hydrogen-bond donors (Lipinski definition) is 2. The van der Waals surface area contributed by atoms with Gasteiger partial charge in [-0.3, -0.25) is 14.9 Å². The highest BCUT2D eigenvalue weighted by atomic mass is 35.5. The summed E-state index contributed by atoms with van der Waals surface area (Å²) in [6.07, 6.45) is 4.01. The maximum absolute atomic E-state index is 12.1. The molecule has 1 aromatic carbocycles. The Morgan fingerprint density at radius 1 is 1.41 bits per heavy atom. The van der Waals surface area contributed by atoms with Crippen LogP contribution in [0.2, 0.25) is 5.02 Å². The van der Waals surface area contributed by atoms with Crippen molar-refractivity contribution in [2.45, 2.75) is 37.6 Å². The average molecular weight is 348 g/mol. The van der Waals surface area contributed by atoms with Crippen molar-refractivity contribution in [1.29, 1.82) is 0 Å². The topological polar surface area (TPSA) is 98.3 Å². The number of nitro groups is 1. The number of carbonyl (C=O) groups excluding carboxylic acids is 1. The summed E-state index contributed by atoms with van der Waals surface area (Å²) in [5.41, 5.74) is 5.97. The Hall–Kier alpha value is -1.37. The quantitative estimate of drug-likeness (QED) is 0.631. The fourth-order valence-electron chi connectivity index (χ4n) is 2.74. The summed E-state index contributed by atoms with van der Waals surface area (Å²) in [5.74, 6) is -0.155. The fourth-order valence-corrected chi connectivity index (χ4v) is 2.98. The molecule has 1 aliphatic rings. The molecule has 1 aliphatic carbocycles. The van der Waals surface area contributed by atoms with Crippen LogP contribution in [0.4, 0.5) is 5.69 Å². The summed E-state index contributed by atoms with van der Waals surface area (Å²) in [7, 11) is 0. The lowest BCUT2D eigenvalue weighted by molar-refractivity contribution is -0.384. The third kappa shape index (κ3) is 4.32. The average Bonchev–Trinajstić information content (AvgIpc) is 2.90. The second-order valence-corrected chi connectivity index (χ2v) is 5.86. The van der Waals surface area contributed by atoms with Crippen molar-refractivity contribution in [3.8, 4) is 0 Å². The number of non-ortho nitro benzene ring substituents is 1. The molecule has 0 spiro atoms. The highest BCUT2D eigenvalue weighted by Gasteiger charge is 2.33. The molecule has 0 aliphatic heterocycles. The van der Waals surface area contributed by atoms with Crippen molar-refractivity contribution in [1.82, 2.24) is 5.32 Å². The second-order valence-electron chi connectivity index (χ2n) is 5.45. The monoisotopic (exact) mass is 347 g/mol. The molecule has 22 heavy (non-hydrogen) atoms. The van der Waals surface area contributed by atoms with Gasteiger partial charge in [-0.25, -0.2) is 0 Å². The van der Waals surface area contributed by atoms with Crippen LogP contribution in [0.1, 0.15) is 31.2 Å². The van der Waals surface area contributed by atoms with Gasteiger partial charge in [0.15, 0.2) is 0 Å². The number of amides is 1. The Morgan fingerprint density at radius 2 is 2.05 bits per heavy atom. The van der Waals surface area contributed by atoms with Gasteiger partial charge >= 0.3 is 0 Å². The molecule has 2 rings (SSSR count). The fraction of sp³-hybridized carbons (Fsp3) is 0.500. The van der Waals surface area contributed by atoms with Crippen LogP contribution in [-0.2, 0) is 11.2 Å². The van der Waals surface area contributed by atoms with Crippen molar-refractivity contribution in [3.05, 3.63) is 38.9 Å². The molecular formula is C14H19Cl2N3O3. The van der Waals surface area contributed by atoms with Crippen molar-refractivity contribution >= 4 is 35.6 Å². The number of nitrogens with two attached hydrogens (primary N) is 1. The third-order valence-electron chi connectivity index (χ3n) is 3.95. The summed E-state index contributed by atoms with van der Waals surface area (Å²) in [4.78, 5) is 22.3. The van der Waals surface area contributed by atoms with E-state index in [1.807, 2.05) is 0 Å². The van der Waals surface area contributed by atoms with E-state index in [1.165, 1.54) is 18.2 Å². The molecule has 0 aromatic heterocycles. The maximum Gasteiger partial charge on any atom is 0.270 e. The van der Waals surface area contributed by atoms with Crippen LogP contribution in [0.15, 0.2) is 18.2 Å². The molecule has 0 radical (unpaired) electrons. The maximum atomic E-state index is 12.1. The Kier molecular flexibility index (Phi) is 6.59. The van der Waals surface area contributed by atoms with Gasteiger partial charge in [-0.15, -0.1) is 12.4 Å². The number of benzene rings is 1. The van der Waals surface area contributed by atoms with Crippen molar-refractivity contribution in [3.63, 3.8) is 0 Å². The van der Waals surface area contributed by atoms with E-state index < -0.39 is 4.92 Å². The first-order valence-electron chi connectivity index (χ1n) is 6.90. The Bertz CT molecular complexity index is 560. The van der Waals surface area contributed by atoms with E-state index in [-0.39, 0.29) is 41.0 Å². The van der Waals surface area contributed by atoms with E-state index in [1.54, 1.807) is 0 Å². The molecule has 0 saturated heterocycles. The molecule has 6 nitrogen and oxygen atoms in total. The molecule has 1 amide bonds. The Labute approximate surface area is 140 Å². The molecule has 0 atom stereocenters. The van der Waals surface area contributed by atoms with Gasteiger partial charge in [-0.1, -0.05) is 30.5 Å². The Morgan fingerprint density at radius 3 is 2.55 bits per heavy atom. The molecule has 0 heterocycles. The lowest BCUT2D eigenvalue weighted by Gasteiger charge is -2.28. The molecule has 3 N–H and O–H groups in total. The SMILES string of the molecule is Cl.NCC1(NC(=O)Cc2ccc([N+](=O)[O-])cc2Cl)CCCC1. The van der Waals surface area contributed by atoms with Gasteiger partial charge in [0.05, 0.1) is 21.9 Å². The van der Waals surface area contributed by atoms with Crippen LogP contribution in [0.25, 0.3) is 0 Å². The normalized spacial score (nSPS) is 15.9. The standard InChI is InChI=1S/C14H18ClN3O3.ClH/c15-12-8-11(18(20)21)4-3-10(12)7-13(19)17-14(9-16)5-1-2-6-14;/h3-4,8H,1-2,5-7,9,16H2,(H,17,19);1H. The van der Waals surface area contributed by atoms with Gasteiger partial charge in [-0.2, -0.15) is 0 Å². The second kappa shape index (κ2) is 7.76. The van der Waals surface area contributed by atoms with E-state index in [0.717, 1.165) is 25.7 Å². The van der Waals surface area contributed by atoms with Gasteiger partial charge in [0, 0.05) is 18.7 Å². The number of hydrogen-bond acceptors (Lipinski definition) is 4. The molecule has 0 bridgehead atoms. The molecule has 8 heteroatoms. The van der Waals surface area contributed by atoms with Crippen LogP contribution < -0.4 is 11.1 Å². The minimum Gasteiger partial charge on any atom is -0.349 e. The summed E-state index contributed by atoms with van der Waals surface area (Å²) in [6, 6.07) is 4.13. The smallest absolute Gasteiger partial charge is 0.270 e. The van der Waals surface area contributed by atoms with Crippen molar-refractivity contribution < 1.29 is 9.72 Å². The molecule has 122 valence electrons. The number of nitrogens with zero attached hydrogens (tertiary/aromatic N) is 1. The van der Waals surface area contributed by atoms with Crippen LogP contribution in [0.5, 0.6) is 0 Å². The highest BCUT2D eigenvalue weighted by molar-refractivity contribution is 6.31. The summed E-state index contributed by atoms with van der Waals surface area (Å²) >= 11 is 5.99. The van der Waals surface area contributed by atoms with Crippen LogP contribution in [0.3, 0.4) is 0 Å².